The predicted octanol–water partition coefficient (Wildman–Crippen LogP) is 4.64. The predicted molar refractivity (Wildman–Crippen MR) is 129 cm³/mol. The van der Waals surface area contributed by atoms with Crippen LogP contribution in [0.3, 0.4) is 0 Å². The van der Waals surface area contributed by atoms with Crippen LogP contribution in [0.1, 0.15) is 63.4 Å². The number of halogens is 1. The first kappa shape index (κ1) is 22.8. The minimum atomic E-state index is -0.204. The average molecular weight is 457 g/mol. The van der Waals surface area contributed by atoms with E-state index >= 15 is 0 Å². The minimum Gasteiger partial charge on any atom is -0.354 e. The van der Waals surface area contributed by atoms with E-state index < -0.39 is 0 Å². The zero-order chi connectivity index (χ0) is 22.5. The fourth-order valence-corrected chi connectivity index (χ4v) is 4.96. The second-order valence-corrected chi connectivity index (χ2v) is 9.62. The molecular formula is C25H33ClN4O2. The van der Waals surface area contributed by atoms with Crippen LogP contribution in [0.25, 0.3) is 5.69 Å². The average Bonchev–Trinajstić information content (AvgIpc) is 2.78. The van der Waals surface area contributed by atoms with Gasteiger partial charge in [0.1, 0.15) is 5.82 Å². The number of hydrogen-bond acceptors (Lipinski definition) is 4. The lowest BCUT2D eigenvalue weighted by Gasteiger charge is -2.34. The zero-order valence-corrected chi connectivity index (χ0v) is 19.6. The Morgan fingerprint density at radius 1 is 1.03 bits per heavy atom. The molecular weight excluding hydrogens is 424 g/mol. The minimum absolute atomic E-state index is 0.0508. The highest BCUT2D eigenvalue weighted by Crippen LogP contribution is 2.24. The Labute approximate surface area is 195 Å². The van der Waals surface area contributed by atoms with Gasteiger partial charge in [-0.05, 0) is 56.4 Å². The van der Waals surface area contributed by atoms with Gasteiger partial charge in [0.2, 0.25) is 5.91 Å². The zero-order valence-electron chi connectivity index (χ0n) is 18.9. The Morgan fingerprint density at radius 3 is 2.53 bits per heavy atom. The number of anilines is 1. The highest BCUT2D eigenvalue weighted by molar-refractivity contribution is 6.31. The number of hydrogen-bond donors (Lipinski definition) is 1. The molecule has 2 aliphatic rings. The summed E-state index contributed by atoms with van der Waals surface area (Å²) in [5, 5.41) is 8.54. The fraction of sp³-hybridized carbons (Fsp3) is 0.560. The first-order chi connectivity index (χ1) is 15.5. The molecule has 2 aromatic rings. The number of carbonyl (C=O) groups excluding carboxylic acids is 1. The van der Waals surface area contributed by atoms with Crippen molar-refractivity contribution in [2.75, 3.05) is 18.0 Å². The van der Waals surface area contributed by atoms with Gasteiger partial charge >= 0.3 is 0 Å². The van der Waals surface area contributed by atoms with Crippen molar-refractivity contribution in [2.45, 2.75) is 70.8 Å². The monoisotopic (exact) mass is 456 g/mol. The summed E-state index contributed by atoms with van der Waals surface area (Å²) in [6.45, 7) is 3.37. The maximum absolute atomic E-state index is 13.0. The largest absolute Gasteiger partial charge is 0.354 e. The topological polar surface area (TPSA) is 67.2 Å². The lowest BCUT2D eigenvalue weighted by atomic mass is 9.94. The van der Waals surface area contributed by atoms with Crippen molar-refractivity contribution >= 4 is 23.3 Å². The number of aryl methyl sites for hydroxylation is 1. The molecule has 172 valence electrons. The summed E-state index contributed by atoms with van der Waals surface area (Å²) in [6.07, 6.45) is 10.3. The van der Waals surface area contributed by atoms with Crippen LogP contribution in [-0.2, 0) is 4.79 Å². The van der Waals surface area contributed by atoms with E-state index in [4.69, 9.17) is 11.6 Å². The van der Waals surface area contributed by atoms with Crippen LogP contribution >= 0.6 is 11.6 Å². The van der Waals surface area contributed by atoms with E-state index in [1.54, 1.807) is 12.1 Å². The molecule has 1 aromatic heterocycles. The van der Waals surface area contributed by atoms with Crippen molar-refractivity contribution in [3.63, 3.8) is 0 Å². The number of carbonyl (C=O) groups is 1. The van der Waals surface area contributed by atoms with E-state index in [9.17, 15) is 9.59 Å². The van der Waals surface area contributed by atoms with Gasteiger partial charge in [-0.1, -0.05) is 49.8 Å². The molecule has 2 fully saturated rings. The smallest absolute Gasteiger partial charge is 0.271 e. The highest BCUT2D eigenvalue weighted by Gasteiger charge is 2.28. The van der Waals surface area contributed by atoms with Gasteiger partial charge in [-0.3, -0.25) is 9.59 Å². The van der Waals surface area contributed by atoms with E-state index in [0.29, 0.717) is 29.1 Å². The van der Waals surface area contributed by atoms with E-state index in [-0.39, 0.29) is 17.4 Å². The number of benzene rings is 1. The molecule has 32 heavy (non-hydrogen) atoms. The molecule has 1 atom stereocenters. The van der Waals surface area contributed by atoms with Crippen LogP contribution < -0.4 is 15.8 Å². The van der Waals surface area contributed by atoms with Gasteiger partial charge in [0.05, 0.1) is 11.6 Å². The lowest BCUT2D eigenvalue weighted by molar-refractivity contribution is -0.126. The Bertz CT molecular complexity index is 998. The van der Waals surface area contributed by atoms with Crippen LogP contribution in [0.5, 0.6) is 0 Å². The molecule has 0 bridgehead atoms. The molecule has 1 amide bonds. The second-order valence-electron chi connectivity index (χ2n) is 9.21. The fourth-order valence-electron chi connectivity index (χ4n) is 4.79. The van der Waals surface area contributed by atoms with Crippen LogP contribution in [0.4, 0.5) is 5.82 Å². The molecule has 1 N–H and O–H groups in total. The molecule has 7 heteroatoms. The van der Waals surface area contributed by atoms with Crippen molar-refractivity contribution in [1.29, 1.82) is 0 Å². The summed E-state index contributed by atoms with van der Waals surface area (Å²) < 4.78 is 1.39. The summed E-state index contributed by atoms with van der Waals surface area (Å²) in [4.78, 5) is 27.6. The normalized spacial score (nSPS) is 20.4. The van der Waals surface area contributed by atoms with Gasteiger partial charge in [-0.2, -0.15) is 4.68 Å². The van der Waals surface area contributed by atoms with Crippen molar-refractivity contribution in [3.05, 3.63) is 51.3 Å². The van der Waals surface area contributed by atoms with Crippen molar-refractivity contribution in [1.82, 2.24) is 15.1 Å². The summed E-state index contributed by atoms with van der Waals surface area (Å²) in [6, 6.07) is 9.09. The van der Waals surface area contributed by atoms with Gasteiger partial charge in [0.15, 0.2) is 0 Å². The van der Waals surface area contributed by atoms with Gasteiger partial charge in [-0.15, -0.1) is 5.10 Å². The second kappa shape index (κ2) is 10.5. The molecule has 6 nitrogen and oxygen atoms in total. The van der Waals surface area contributed by atoms with Crippen LogP contribution in [0.2, 0.25) is 5.02 Å². The molecule has 0 spiro atoms. The molecule has 1 saturated carbocycles. The van der Waals surface area contributed by atoms with Gasteiger partial charge in [0.25, 0.3) is 5.56 Å². The quantitative estimate of drug-likeness (QED) is 0.727. The van der Waals surface area contributed by atoms with Crippen LogP contribution in [-0.4, -0.2) is 34.8 Å². The molecule has 1 saturated heterocycles. The molecule has 0 radical (unpaired) electrons. The third-order valence-electron chi connectivity index (χ3n) is 6.75. The third kappa shape index (κ3) is 5.52. The van der Waals surface area contributed by atoms with Crippen molar-refractivity contribution in [2.24, 2.45) is 5.92 Å². The highest BCUT2D eigenvalue weighted by atomic mass is 35.5. The number of aromatic nitrogens is 2. The molecule has 1 aromatic carbocycles. The maximum atomic E-state index is 13.0. The number of amides is 1. The van der Waals surface area contributed by atoms with E-state index in [1.807, 2.05) is 19.1 Å². The lowest BCUT2D eigenvalue weighted by Crippen LogP contribution is -2.46. The Hall–Kier alpha value is -2.34. The molecule has 2 heterocycles. The summed E-state index contributed by atoms with van der Waals surface area (Å²) in [5.41, 5.74) is 1.39. The summed E-state index contributed by atoms with van der Waals surface area (Å²) in [5.74, 6) is 0.828. The summed E-state index contributed by atoms with van der Waals surface area (Å²) in [7, 11) is 0. The van der Waals surface area contributed by atoms with E-state index in [0.717, 1.165) is 37.8 Å². The number of piperidine rings is 1. The molecule has 1 aliphatic heterocycles. The molecule has 4 rings (SSSR count). The first-order valence-corrected chi connectivity index (χ1v) is 12.3. The van der Waals surface area contributed by atoms with E-state index in [2.05, 4.69) is 15.3 Å². The first-order valence-electron chi connectivity index (χ1n) is 11.9. The Morgan fingerprint density at radius 2 is 1.78 bits per heavy atom. The summed E-state index contributed by atoms with van der Waals surface area (Å²) >= 11 is 6.26. The standard InChI is InChI=1S/C25H33ClN4O2/c1-18-11-12-21(16-22(18)26)30-24(31)14-13-23(28-30)29-15-7-8-19(17-29)25(32)27-20-9-5-3-2-4-6-10-20/h11-14,16,19-20H,2-10,15,17H2,1H3,(H,27,32). The van der Waals surface area contributed by atoms with E-state index in [1.165, 1.54) is 42.9 Å². The third-order valence-corrected chi connectivity index (χ3v) is 7.16. The van der Waals surface area contributed by atoms with Gasteiger partial charge in [-0.25, -0.2) is 0 Å². The van der Waals surface area contributed by atoms with Gasteiger partial charge < -0.3 is 10.2 Å². The Kier molecular flexibility index (Phi) is 7.51. The van der Waals surface area contributed by atoms with Crippen molar-refractivity contribution < 1.29 is 4.79 Å². The van der Waals surface area contributed by atoms with Crippen LogP contribution in [0, 0.1) is 12.8 Å². The van der Waals surface area contributed by atoms with Crippen LogP contribution in [0.15, 0.2) is 35.1 Å². The number of rotatable bonds is 4. The molecule has 1 unspecified atom stereocenters. The maximum Gasteiger partial charge on any atom is 0.271 e. The molecule has 1 aliphatic carbocycles. The SMILES string of the molecule is Cc1ccc(-n2nc(N3CCCC(C(=O)NC4CCCCCCC4)C3)ccc2=O)cc1Cl. The Balaban J connectivity index is 1.46. The van der Waals surface area contributed by atoms with Crippen molar-refractivity contribution in [3.8, 4) is 5.69 Å². The number of nitrogens with zero attached hydrogens (tertiary/aromatic N) is 3. The number of nitrogens with one attached hydrogen (secondary N) is 1. The van der Waals surface area contributed by atoms with Gasteiger partial charge in [0, 0.05) is 30.2 Å².